The molecule has 0 bridgehead atoms. The summed E-state index contributed by atoms with van der Waals surface area (Å²) in [5.41, 5.74) is 1.39. The lowest BCUT2D eigenvalue weighted by Crippen LogP contribution is -2.33. The highest BCUT2D eigenvalue weighted by Gasteiger charge is 2.31. The van der Waals surface area contributed by atoms with E-state index in [1.54, 1.807) is 12.0 Å². The quantitative estimate of drug-likeness (QED) is 0.813. The molecule has 2 aliphatic rings. The van der Waals surface area contributed by atoms with Crippen molar-refractivity contribution in [3.63, 3.8) is 0 Å². The minimum Gasteiger partial charge on any atom is -0.383 e. The van der Waals surface area contributed by atoms with E-state index in [4.69, 9.17) is 9.72 Å². The van der Waals surface area contributed by atoms with Crippen LogP contribution in [0.25, 0.3) is 0 Å². The summed E-state index contributed by atoms with van der Waals surface area (Å²) in [6.45, 7) is 4.11. The second-order valence-corrected chi connectivity index (χ2v) is 7.85. The van der Waals surface area contributed by atoms with Gasteiger partial charge in [-0.15, -0.1) is 11.3 Å². The van der Waals surface area contributed by atoms with Crippen molar-refractivity contribution in [2.75, 3.05) is 20.3 Å². The van der Waals surface area contributed by atoms with E-state index < -0.39 is 0 Å². The molecular formula is C17H28N2OS. The van der Waals surface area contributed by atoms with Crippen LogP contribution in [0.4, 0.5) is 0 Å². The van der Waals surface area contributed by atoms with Crippen molar-refractivity contribution in [3.05, 3.63) is 15.6 Å². The molecule has 0 aliphatic heterocycles. The van der Waals surface area contributed by atoms with Crippen molar-refractivity contribution in [2.24, 2.45) is 11.8 Å². The highest BCUT2D eigenvalue weighted by atomic mass is 32.1. The lowest BCUT2D eigenvalue weighted by atomic mass is 9.78. The van der Waals surface area contributed by atoms with Gasteiger partial charge >= 0.3 is 0 Å². The van der Waals surface area contributed by atoms with Crippen LogP contribution in [0.2, 0.25) is 0 Å². The van der Waals surface area contributed by atoms with Crippen molar-refractivity contribution >= 4 is 11.3 Å². The second-order valence-electron chi connectivity index (χ2n) is 6.73. The first-order valence-electron chi connectivity index (χ1n) is 8.48. The number of fused-ring (bicyclic) bond motifs is 1. The highest BCUT2D eigenvalue weighted by Crippen LogP contribution is 2.40. The SMILES string of the molecule is COCCNC(c1nc2c(s1)CCC2)C1CCCC(C)C1. The van der Waals surface area contributed by atoms with E-state index in [9.17, 15) is 0 Å². The molecule has 3 rings (SSSR count). The number of nitrogens with zero attached hydrogens (tertiary/aromatic N) is 1. The van der Waals surface area contributed by atoms with Gasteiger partial charge < -0.3 is 10.1 Å². The van der Waals surface area contributed by atoms with E-state index in [0.717, 1.165) is 25.0 Å². The molecule has 2 aliphatic carbocycles. The first kappa shape index (κ1) is 15.4. The summed E-state index contributed by atoms with van der Waals surface area (Å²) in [6, 6.07) is 0.443. The molecule has 1 aromatic heterocycles. The monoisotopic (exact) mass is 308 g/mol. The minimum absolute atomic E-state index is 0.443. The molecule has 0 amide bonds. The predicted molar refractivity (Wildman–Crippen MR) is 87.9 cm³/mol. The smallest absolute Gasteiger partial charge is 0.110 e. The van der Waals surface area contributed by atoms with Crippen LogP contribution in [0.5, 0.6) is 0 Å². The Bertz CT molecular complexity index is 438. The van der Waals surface area contributed by atoms with Gasteiger partial charge in [0.15, 0.2) is 0 Å². The summed E-state index contributed by atoms with van der Waals surface area (Å²) in [5, 5.41) is 5.08. The Labute approximate surface area is 132 Å². The number of rotatable bonds is 6. The van der Waals surface area contributed by atoms with Crippen LogP contribution in [-0.4, -0.2) is 25.2 Å². The van der Waals surface area contributed by atoms with Gasteiger partial charge in [-0.1, -0.05) is 19.8 Å². The second kappa shape index (κ2) is 7.21. The molecule has 3 unspecified atom stereocenters. The van der Waals surface area contributed by atoms with Crippen molar-refractivity contribution in [1.82, 2.24) is 10.3 Å². The van der Waals surface area contributed by atoms with Crippen molar-refractivity contribution in [1.29, 1.82) is 0 Å². The third-order valence-electron chi connectivity index (χ3n) is 5.00. The molecule has 0 spiro atoms. The van der Waals surface area contributed by atoms with Crippen LogP contribution in [0.15, 0.2) is 0 Å². The fourth-order valence-corrected chi connectivity index (χ4v) is 5.22. The van der Waals surface area contributed by atoms with Crippen LogP contribution in [0.1, 0.15) is 60.6 Å². The molecule has 3 atom stereocenters. The van der Waals surface area contributed by atoms with Crippen LogP contribution in [0, 0.1) is 11.8 Å². The lowest BCUT2D eigenvalue weighted by molar-refractivity contribution is 0.177. The molecule has 1 heterocycles. The predicted octanol–water partition coefficient (Wildman–Crippen LogP) is 3.74. The molecule has 0 saturated heterocycles. The number of methoxy groups -OCH3 is 1. The summed E-state index contributed by atoms with van der Waals surface area (Å²) in [5.74, 6) is 1.61. The molecule has 1 aromatic rings. The Morgan fingerprint density at radius 1 is 1.33 bits per heavy atom. The topological polar surface area (TPSA) is 34.1 Å². The fraction of sp³-hybridized carbons (Fsp3) is 0.824. The third kappa shape index (κ3) is 3.66. The average Bonchev–Trinajstić information content (AvgIpc) is 3.05. The number of thiazole rings is 1. The van der Waals surface area contributed by atoms with Gasteiger partial charge in [0.2, 0.25) is 0 Å². The number of aromatic nitrogens is 1. The van der Waals surface area contributed by atoms with Gasteiger partial charge in [0.05, 0.1) is 18.3 Å². The van der Waals surface area contributed by atoms with E-state index in [1.165, 1.54) is 55.6 Å². The van der Waals surface area contributed by atoms with Crippen molar-refractivity contribution in [2.45, 2.75) is 57.9 Å². The van der Waals surface area contributed by atoms with Crippen LogP contribution in [0.3, 0.4) is 0 Å². The highest BCUT2D eigenvalue weighted by molar-refractivity contribution is 7.11. The van der Waals surface area contributed by atoms with Gasteiger partial charge in [0.25, 0.3) is 0 Å². The zero-order valence-electron chi connectivity index (χ0n) is 13.4. The maximum Gasteiger partial charge on any atom is 0.110 e. The molecule has 21 heavy (non-hydrogen) atoms. The number of hydrogen-bond donors (Lipinski definition) is 1. The molecule has 3 nitrogen and oxygen atoms in total. The van der Waals surface area contributed by atoms with Crippen LogP contribution < -0.4 is 5.32 Å². The Morgan fingerprint density at radius 3 is 3.00 bits per heavy atom. The van der Waals surface area contributed by atoms with E-state index in [0.29, 0.717) is 6.04 Å². The van der Waals surface area contributed by atoms with Gasteiger partial charge in [0, 0.05) is 18.5 Å². The number of hydrogen-bond acceptors (Lipinski definition) is 4. The van der Waals surface area contributed by atoms with Crippen LogP contribution in [-0.2, 0) is 17.6 Å². The molecule has 1 fully saturated rings. The molecule has 0 aromatic carbocycles. The van der Waals surface area contributed by atoms with Gasteiger partial charge in [-0.05, 0) is 43.9 Å². The van der Waals surface area contributed by atoms with Gasteiger partial charge in [0.1, 0.15) is 5.01 Å². The van der Waals surface area contributed by atoms with Crippen molar-refractivity contribution in [3.8, 4) is 0 Å². The summed E-state index contributed by atoms with van der Waals surface area (Å²) in [4.78, 5) is 6.53. The van der Waals surface area contributed by atoms with E-state index in [-0.39, 0.29) is 0 Å². The summed E-state index contributed by atoms with van der Waals surface area (Å²) in [6.07, 6.45) is 9.20. The number of ether oxygens (including phenoxy) is 1. The molecule has 1 N–H and O–H groups in total. The fourth-order valence-electron chi connectivity index (χ4n) is 3.90. The average molecular weight is 308 g/mol. The van der Waals surface area contributed by atoms with E-state index >= 15 is 0 Å². The van der Waals surface area contributed by atoms with Gasteiger partial charge in [-0.25, -0.2) is 4.98 Å². The summed E-state index contributed by atoms with van der Waals surface area (Å²) < 4.78 is 5.22. The zero-order valence-corrected chi connectivity index (χ0v) is 14.2. The number of aryl methyl sites for hydroxylation is 2. The summed E-state index contributed by atoms with van der Waals surface area (Å²) in [7, 11) is 1.78. The summed E-state index contributed by atoms with van der Waals surface area (Å²) >= 11 is 1.97. The van der Waals surface area contributed by atoms with Crippen LogP contribution >= 0.6 is 11.3 Å². The first-order chi connectivity index (χ1) is 10.3. The Balaban J connectivity index is 1.73. The Hall–Kier alpha value is -0.450. The largest absolute Gasteiger partial charge is 0.383 e. The third-order valence-corrected chi connectivity index (χ3v) is 6.24. The molecule has 0 radical (unpaired) electrons. The zero-order chi connectivity index (χ0) is 14.7. The normalized spacial score (nSPS) is 26.8. The molecule has 1 saturated carbocycles. The standard InChI is InChI=1S/C17H28N2OS/c1-12-5-3-6-13(11-12)16(18-9-10-20-2)17-19-14-7-4-8-15(14)21-17/h12-13,16,18H,3-11H2,1-2H3. The first-order valence-corrected chi connectivity index (χ1v) is 9.30. The maximum atomic E-state index is 5.22. The van der Waals surface area contributed by atoms with Gasteiger partial charge in [-0.3, -0.25) is 0 Å². The van der Waals surface area contributed by atoms with E-state index in [1.807, 2.05) is 11.3 Å². The Morgan fingerprint density at radius 2 is 2.24 bits per heavy atom. The van der Waals surface area contributed by atoms with Crippen molar-refractivity contribution < 1.29 is 4.74 Å². The van der Waals surface area contributed by atoms with E-state index in [2.05, 4.69) is 12.2 Å². The molecular weight excluding hydrogens is 280 g/mol. The Kier molecular flexibility index (Phi) is 5.30. The lowest BCUT2D eigenvalue weighted by Gasteiger charge is -2.33. The minimum atomic E-state index is 0.443. The molecule has 118 valence electrons. The molecule has 4 heteroatoms. The van der Waals surface area contributed by atoms with Gasteiger partial charge in [-0.2, -0.15) is 0 Å². The number of nitrogens with one attached hydrogen (secondary N) is 1. The maximum absolute atomic E-state index is 5.22.